The van der Waals surface area contributed by atoms with Crippen molar-refractivity contribution < 1.29 is 19.1 Å². The van der Waals surface area contributed by atoms with Crippen LogP contribution in [0.2, 0.25) is 0 Å². The molecule has 0 saturated carbocycles. The number of ether oxygens (including phenoxy) is 1. The summed E-state index contributed by atoms with van der Waals surface area (Å²) in [6, 6.07) is 7.73. The number of piperidine rings is 1. The van der Waals surface area contributed by atoms with Gasteiger partial charge in [0.25, 0.3) is 0 Å². The van der Waals surface area contributed by atoms with Crippen LogP contribution in [0.15, 0.2) is 24.3 Å². The van der Waals surface area contributed by atoms with E-state index >= 15 is 0 Å². The molecule has 1 saturated heterocycles. The average Bonchev–Trinajstić information content (AvgIpc) is 3.04. The number of hydrogen-bond acceptors (Lipinski definition) is 5. The summed E-state index contributed by atoms with van der Waals surface area (Å²) in [5, 5.41) is 2.96. The summed E-state index contributed by atoms with van der Waals surface area (Å²) in [5.41, 5.74) is 3.20. The van der Waals surface area contributed by atoms with Crippen molar-refractivity contribution in [1.82, 2.24) is 4.98 Å². The van der Waals surface area contributed by atoms with Gasteiger partial charge < -0.3 is 19.9 Å². The van der Waals surface area contributed by atoms with E-state index in [1.807, 2.05) is 24.3 Å². The Balaban J connectivity index is 1.83. The highest BCUT2D eigenvalue weighted by atomic mass is 16.5. The molecule has 1 aliphatic rings. The van der Waals surface area contributed by atoms with Gasteiger partial charge in [-0.1, -0.05) is 12.1 Å². The van der Waals surface area contributed by atoms with Crippen LogP contribution >= 0.6 is 0 Å². The van der Waals surface area contributed by atoms with Gasteiger partial charge in [0, 0.05) is 25.7 Å². The fourth-order valence-electron chi connectivity index (χ4n) is 3.87. The van der Waals surface area contributed by atoms with Gasteiger partial charge in [0.05, 0.1) is 36.2 Å². The Hall–Kier alpha value is -3.09. The Morgan fingerprint density at radius 1 is 1.14 bits per heavy atom. The Kier molecular flexibility index (Phi) is 6.36. The van der Waals surface area contributed by atoms with Crippen LogP contribution < -0.4 is 10.2 Å². The predicted octanol–water partition coefficient (Wildman–Crippen LogP) is 3.48. The maximum Gasteiger partial charge on any atom is 0.339 e. The lowest BCUT2D eigenvalue weighted by molar-refractivity contribution is -0.115. The van der Waals surface area contributed by atoms with E-state index in [2.05, 4.69) is 15.2 Å². The zero-order valence-electron chi connectivity index (χ0n) is 17.1. The normalized spacial score (nSPS) is 13.8. The number of nitrogens with one attached hydrogen (secondary N) is 2. The average molecular weight is 397 g/mol. The molecular formula is C22H27N3O4. The van der Waals surface area contributed by atoms with E-state index in [4.69, 9.17) is 4.74 Å². The molecule has 0 atom stereocenters. The Morgan fingerprint density at radius 3 is 2.48 bits per heavy atom. The monoisotopic (exact) mass is 397 g/mol. The number of methoxy groups -OCH3 is 1. The van der Waals surface area contributed by atoms with Gasteiger partial charge >= 0.3 is 5.97 Å². The number of aromatic nitrogens is 1. The third-order valence-electron chi connectivity index (χ3n) is 5.28. The van der Waals surface area contributed by atoms with E-state index in [9.17, 15) is 14.4 Å². The van der Waals surface area contributed by atoms with Crippen molar-refractivity contribution in [1.29, 1.82) is 0 Å². The first-order valence-corrected chi connectivity index (χ1v) is 9.87. The lowest BCUT2D eigenvalue weighted by Gasteiger charge is -2.30. The second kappa shape index (κ2) is 8.94. The van der Waals surface area contributed by atoms with Gasteiger partial charge in [-0.25, -0.2) is 4.79 Å². The largest absolute Gasteiger partial charge is 0.465 e. The van der Waals surface area contributed by atoms with Crippen LogP contribution in [0.1, 0.15) is 58.3 Å². The number of carbonyl (C=O) groups excluding carboxylic acids is 3. The van der Waals surface area contributed by atoms with Gasteiger partial charge in [-0.15, -0.1) is 0 Å². The van der Waals surface area contributed by atoms with Crippen LogP contribution in [-0.4, -0.2) is 42.8 Å². The smallest absolute Gasteiger partial charge is 0.339 e. The van der Waals surface area contributed by atoms with Crippen molar-refractivity contribution in [2.75, 3.05) is 30.4 Å². The Morgan fingerprint density at radius 2 is 1.83 bits per heavy atom. The number of Topliss-reactive ketones (excluding diaryl/α,β-unsaturated/α-hetero) is 1. The predicted molar refractivity (Wildman–Crippen MR) is 112 cm³/mol. The van der Waals surface area contributed by atoms with E-state index in [-0.39, 0.29) is 23.7 Å². The van der Waals surface area contributed by atoms with Crippen molar-refractivity contribution in [3.63, 3.8) is 0 Å². The van der Waals surface area contributed by atoms with E-state index in [0.717, 1.165) is 37.3 Å². The van der Waals surface area contributed by atoms with E-state index in [1.54, 1.807) is 6.92 Å². The molecule has 154 valence electrons. The molecule has 3 rings (SSSR count). The molecule has 0 unspecified atom stereocenters. The van der Waals surface area contributed by atoms with Crippen molar-refractivity contribution in [2.24, 2.45) is 0 Å². The van der Waals surface area contributed by atoms with Gasteiger partial charge in [-0.05, 0) is 43.9 Å². The zero-order chi connectivity index (χ0) is 21.0. The molecule has 2 heterocycles. The standard InChI is InChI=1S/C22H27N3O4/c1-14-20(22(28)29-3)17(24-21(14)15(2)26)13-19(27)23-16-9-5-6-10-18(16)25-11-7-4-8-12-25/h5-6,9-10,24H,4,7-8,11-13H2,1-3H3,(H,23,27). The summed E-state index contributed by atoms with van der Waals surface area (Å²) in [6.45, 7) is 5.03. The molecule has 7 nitrogen and oxygen atoms in total. The number of nitrogens with zero attached hydrogens (tertiary/aromatic N) is 1. The topological polar surface area (TPSA) is 91.5 Å². The summed E-state index contributed by atoms with van der Waals surface area (Å²) in [4.78, 5) is 42.1. The molecule has 1 fully saturated rings. The molecule has 7 heteroatoms. The number of carbonyl (C=O) groups is 3. The number of ketones is 1. The SMILES string of the molecule is COC(=O)c1c(CC(=O)Nc2ccccc2N2CCCCC2)[nH]c(C(C)=O)c1C. The third-order valence-corrected chi connectivity index (χ3v) is 5.28. The maximum atomic E-state index is 12.8. The van der Waals surface area contributed by atoms with Gasteiger partial charge in [-0.3, -0.25) is 9.59 Å². The molecule has 0 bridgehead atoms. The number of amides is 1. The van der Waals surface area contributed by atoms with Crippen LogP contribution in [0.4, 0.5) is 11.4 Å². The fourth-order valence-corrected chi connectivity index (χ4v) is 3.87. The fraction of sp³-hybridized carbons (Fsp3) is 0.409. The number of para-hydroxylation sites is 2. The minimum atomic E-state index is -0.567. The molecular weight excluding hydrogens is 370 g/mol. The van der Waals surface area contributed by atoms with Crippen molar-refractivity contribution in [2.45, 2.75) is 39.5 Å². The molecule has 1 aliphatic heterocycles. The van der Waals surface area contributed by atoms with Gasteiger partial charge in [-0.2, -0.15) is 0 Å². The first-order chi connectivity index (χ1) is 13.9. The molecule has 2 N–H and O–H groups in total. The highest BCUT2D eigenvalue weighted by molar-refractivity contribution is 6.02. The molecule has 0 spiro atoms. The van der Waals surface area contributed by atoms with Crippen LogP contribution in [0.3, 0.4) is 0 Å². The van der Waals surface area contributed by atoms with Gasteiger partial charge in [0.15, 0.2) is 5.78 Å². The van der Waals surface area contributed by atoms with Crippen LogP contribution in [0, 0.1) is 6.92 Å². The summed E-state index contributed by atoms with van der Waals surface area (Å²) in [6.07, 6.45) is 3.44. The summed E-state index contributed by atoms with van der Waals surface area (Å²) < 4.78 is 4.84. The highest BCUT2D eigenvalue weighted by Crippen LogP contribution is 2.28. The van der Waals surface area contributed by atoms with Crippen LogP contribution in [0.25, 0.3) is 0 Å². The molecule has 1 aromatic heterocycles. The van der Waals surface area contributed by atoms with Crippen molar-refractivity contribution in [3.8, 4) is 0 Å². The number of H-pyrrole nitrogens is 1. The molecule has 0 radical (unpaired) electrons. The summed E-state index contributed by atoms with van der Waals surface area (Å²) >= 11 is 0. The van der Waals surface area contributed by atoms with Crippen LogP contribution in [-0.2, 0) is 16.0 Å². The summed E-state index contributed by atoms with van der Waals surface area (Å²) in [5.74, 6) is -1.03. The molecule has 0 aliphatic carbocycles. The number of hydrogen-bond donors (Lipinski definition) is 2. The second-order valence-electron chi connectivity index (χ2n) is 7.32. The quantitative estimate of drug-likeness (QED) is 0.575. The first-order valence-electron chi connectivity index (χ1n) is 9.87. The Bertz CT molecular complexity index is 926. The number of benzene rings is 1. The van der Waals surface area contributed by atoms with Crippen molar-refractivity contribution >= 4 is 29.0 Å². The minimum absolute atomic E-state index is 0.0626. The van der Waals surface area contributed by atoms with Gasteiger partial charge in [0.1, 0.15) is 0 Å². The molecule has 29 heavy (non-hydrogen) atoms. The molecule has 1 aromatic carbocycles. The maximum absolute atomic E-state index is 12.8. The van der Waals surface area contributed by atoms with E-state index in [0.29, 0.717) is 17.0 Å². The highest BCUT2D eigenvalue weighted by Gasteiger charge is 2.25. The van der Waals surface area contributed by atoms with Gasteiger partial charge in [0.2, 0.25) is 5.91 Å². The second-order valence-corrected chi connectivity index (χ2v) is 7.32. The van der Waals surface area contributed by atoms with E-state index < -0.39 is 5.97 Å². The number of rotatable bonds is 6. The third kappa shape index (κ3) is 4.50. The first kappa shape index (κ1) is 20.6. The number of anilines is 2. The van der Waals surface area contributed by atoms with Crippen molar-refractivity contribution in [3.05, 3.63) is 46.8 Å². The number of aromatic amines is 1. The Labute approximate surface area is 170 Å². The summed E-state index contributed by atoms with van der Waals surface area (Å²) in [7, 11) is 1.28. The molecule has 1 amide bonds. The van der Waals surface area contributed by atoms with Crippen LogP contribution in [0.5, 0.6) is 0 Å². The molecule has 2 aromatic rings. The zero-order valence-corrected chi connectivity index (χ0v) is 17.1. The van der Waals surface area contributed by atoms with E-state index in [1.165, 1.54) is 20.5 Å². The lowest BCUT2D eigenvalue weighted by atomic mass is 10.1. The minimum Gasteiger partial charge on any atom is -0.465 e. The lowest BCUT2D eigenvalue weighted by Crippen LogP contribution is -2.30. The number of esters is 1.